The van der Waals surface area contributed by atoms with Crippen LogP contribution in [0.4, 0.5) is 0 Å². The molecule has 2 heteroatoms. The normalized spacial score (nSPS) is 36.0. The van der Waals surface area contributed by atoms with E-state index in [1.807, 2.05) is 0 Å². The van der Waals surface area contributed by atoms with E-state index in [4.69, 9.17) is 5.32 Å². The Labute approximate surface area is 82.5 Å². The first-order valence-corrected chi connectivity index (χ1v) is 4.23. The van der Waals surface area contributed by atoms with Gasteiger partial charge < -0.3 is 5.32 Å². The molecule has 11 heavy (non-hydrogen) atoms. The van der Waals surface area contributed by atoms with E-state index in [2.05, 4.69) is 27.7 Å². The Balaban J connectivity index is 0.000001000. The van der Waals surface area contributed by atoms with Crippen LogP contribution in [0.5, 0.6) is 0 Å². The minimum Gasteiger partial charge on any atom is -0.654 e. The summed E-state index contributed by atoms with van der Waals surface area (Å²) in [5.41, 5.74) is 0.256. The molecule has 0 amide bonds. The summed E-state index contributed by atoms with van der Waals surface area (Å²) in [6.45, 7) is 8.99. The maximum Gasteiger partial charge on any atom is 1.00 e. The van der Waals surface area contributed by atoms with E-state index in [1.54, 1.807) is 0 Å². The van der Waals surface area contributed by atoms with Crippen molar-refractivity contribution in [1.82, 2.24) is 0 Å². The summed E-state index contributed by atoms with van der Waals surface area (Å²) in [7, 11) is 0. The Morgan fingerprint density at radius 3 is 2.18 bits per heavy atom. The van der Waals surface area contributed by atoms with Crippen molar-refractivity contribution in [3.63, 3.8) is 0 Å². The second-order valence-electron chi connectivity index (χ2n) is 4.20. The van der Waals surface area contributed by atoms with Crippen molar-refractivity contribution in [3.05, 3.63) is 5.32 Å². The predicted octanol–water partition coefficient (Wildman–Crippen LogP) is -0.0389. The third kappa shape index (κ3) is 3.19. The summed E-state index contributed by atoms with van der Waals surface area (Å²) in [5, 5.41) is 4.70. The summed E-state index contributed by atoms with van der Waals surface area (Å²) in [6.07, 6.45) is 2.61. The molecule has 1 saturated heterocycles. The minimum absolute atomic E-state index is 0. The molecule has 1 nitrogen and oxygen atoms in total. The largest absolute Gasteiger partial charge is 1.00 e. The summed E-state index contributed by atoms with van der Waals surface area (Å²) in [6, 6.07) is 0.573. The van der Waals surface area contributed by atoms with E-state index in [1.165, 1.54) is 12.8 Å². The van der Waals surface area contributed by atoms with Crippen LogP contribution in [-0.2, 0) is 0 Å². The zero-order valence-electron chi connectivity index (χ0n) is 8.52. The first-order valence-electron chi connectivity index (χ1n) is 4.23. The third-order valence-corrected chi connectivity index (χ3v) is 2.59. The monoisotopic (exact) mass is 147 g/mol. The van der Waals surface area contributed by atoms with Gasteiger partial charge >= 0.3 is 18.9 Å². The van der Waals surface area contributed by atoms with Crippen molar-refractivity contribution >= 4 is 0 Å². The van der Waals surface area contributed by atoms with Crippen LogP contribution in [0.25, 0.3) is 5.32 Å². The quantitative estimate of drug-likeness (QED) is 0.427. The molecular formula is C9H18LiN. The molecule has 1 aliphatic rings. The van der Waals surface area contributed by atoms with E-state index in [0.29, 0.717) is 6.04 Å². The molecule has 0 N–H and O–H groups in total. The van der Waals surface area contributed by atoms with Gasteiger partial charge in [0, 0.05) is 0 Å². The fraction of sp³-hybridized carbons (Fsp3) is 1.00. The number of rotatable bonds is 0. The van der Waals surface area contributed by atoms with Gasteiger partial charge in [-0.2, -0.15) is 0 Å². The number of nitrogens with zero attached hydrogens (tertiary/aromatic N) is 1. The Morgan fingerprint density at radius 2 is 1.82 bits per heavy atom. The maximum absolute atomic E-state index is 4.70. The molecule has 0 aromatic carbocycles. The molecule has 1 rings (SSSR count). The molecule has 0 aromatic rings. The van der Waals surface area contributed by atoms with Gasteiger partial charge in [-0.1, -0.05) is 46.5 Å². The minimum atomic E-state index is 0. The van der Waals surface area contributed by atoms with Crippen LogP contribution < -0.4 is 18.9 Å². The fourth-order valence-corrected chi connectivity index (χ4v) is 1.57. The second kappa shape index (κ2) is 3.98. The molecule has 1 fully saturated rings. The first-order chi connectivity index (χ1) is 4.51. The molecule has 0 spiro atoms. The molecule has 1 aliphatic heterocycles. The van der Waals surface area contributed by atoms with Gasteiger partial charge in [0.15, 0.2) is 0 Å². The van der Waals surface area contributed by atoms with Crippen LogP contribution in [0.3, 0.4) is 0 Å². The van der Waals surface area contributed by atoms with E-state index in [0.717, 1.165) is 5.92 Å². The van der Waals surface area contributed by atoms with E-state index < -0.39 is 0 Å². The van der Waals surface area contributed by atoms with Crippen LogP contribution in [0.1, 0.15) is 40.5 Å². The Bertz CT molecular complexity index is 123. The fourth-order valence-electron chi connectivity index (χ4n) is 1.57. The van der Waals surface area contributed by atoms with Gasteiger partial charge in [-0.15, -0.1) is 11.6 Å². The zero-order chi connectivity index (χ0) is 7.78. The van der Waals surface area contributed by atoms with Crippen molar-refractivity contribution in [3.8, 4) is 0 Å². The number of piperidine rings is 1. The van der Waals surface area contributed by atoms with Gasteiger partial charge in [0.25, 0.3) is 0 Å². The van der Waals surface area contributed by atoms with Crippen molar-refractivity contribution < 1.29 is 18.9 Å². The SMILES string of the molecule is CC1CCC(C)(C)[N-]C1C.[Li+]. The van der Waals surface area contributed by atoms with Crippen molar-refractivity contribution in [2.24, 2.45) is 5.92 Å². The summed E-state index contributed by atoms with van der Waals surface area (Å²) < 4.78 is 0. The van der Waals surface area contributed by atoms with Crippen LogP contribution in [0.2, 0.25) is 0 Å². The van der Waals surface area contributed by atoms with Gasteiger partial charge in [-0.05, 0) is 0 Å². The van der Waals surface area contributed by atoms with Gasteiger partial charge in [0.1, 0.15) is 0 Å². The zero-order valence-corrected chi connectivity index (χ0v) is 8.52. The molecule has 0 saturated carbocycles. The Hall–Kier alpha value is 0.557. The topological polar surface area (TPSA) is 14.1 Å². The van der Waals surface area contributed by atoms with Crippen molar-refractivity contribution in [1.29, 1.82) is 0 Å². The summed E-state index contributed by atoms with van der Waals surface area (Å²) in [5.74, 6) is 0.799. The summed E-state index contributed by atoms with van der Waals surface area (Å²) in [4.78, 5) is 0. The van der Waals surface area contributed by atoms with Gasteiger partial charge in [0.2, 0.25) is 0 Å². The standard InChI is InChI=1S/C9H18N.Li/c1-7-5-6-9(3,4)10-8(7)2;/h7-8H,5-6H2,1-4H3;/q-1;+1. The molecule has 0 aromatic heterocycles. The number of hydrogen-bond acceptors (Lipinski definition) is 0. The van der Waals surface area contributed by atoms with Gasteiger partial charge in [0.05, 0.1) is 0 Å². The van der Waals surface area contributed by atoms with Crippen molar-refractivity contribution in [2.45, 2.75) is 52.1 Å². The Kier molecular flexibility index (Phi) is 4.19. The molecule has 60 valence electrons. The van der Waals surface area contributed by atoms with Crippen molar-refractivity contribution in [2.75, 3.05) is 0 Å². The van der Waals surface area contributed by atoms with Crippen LogP contribution in [-0.4, -0.2) is 11.6 Å². The smallest absolute Gasteiger partial charge is 0.654 e. The van der Waals surface area contributed by atoms with Gasteiger partial charge in [-0.3, -0.25) is 0 Å². The second-order valence-corrected chi connectivity index (χ2v) is 4.20. The third-order valence-electron chi connectivity index (χ3n) is 2.59. The predicted molar refractivity (Wildman–Crippen MR) is 45.3 cm³/mol. The summed E-state index contributed by atoms with van der Waals surface area (Å²) >= 11 is 0. The first kappa shape index (κ1) is 11.6. The Morgan fingerprint density at radius 1 is 1.27 bits per heavy atom. The molecule has 1 heterocycles. The molecule has 0 bridgehead atoms. The molecule has 2 unspecified atom stereocenters. The molecular weight excluding hydrogens is 129 g/mol. The van der Waals surface area contributed by atoms with Crippen LogP contribution in [0.15, 0.2) is 0 Å². The average molecular weight is 147 g/mol. The number of hydrogen-bond donors (Lipinski definition) is 0. The van der Waals surface area contributed by atoms with E-state index in [-0.39, 0.29) is 24.4 Å². The van der Waals surface area contributed by atoms with Gasteiger partial charge in [-0.25, -0.2) is 0 Å². The van der Waals surface area contributed by atoms with Crippen LogP contribution in [0, 0.1) is 5.92 Å². The van der Waals surface area contributed by atoms with Crippen LogP contribution >= 0.6 is 0 Å². The molecule has 0 radical (unpaired) electrons. The molecule has 0 aliphatic carbocycles. The van der Waals surface area contributed by atoms with E-state index in [9.17, 15) is 0 Å². The average Bonchev–Trinajstić information content (AvgIpc) is 1.79. The molecule has 2 atom stereocenters. The maximum atomic E-state index is 4.70. The van der Waals surface area contributed by atoms with E-state index >= 15 is 0 Å².